The molecule has 1 aromatic rings. The van der Waals surface area contributed by atoms with Gasteiger partial charge in [-0.15, -0.1) is 0 Å². The summed E-state index contributed by atoms with van der Waals surface area (Å²) in [4.78, 5) is 10.7. The standard InChI is InChI=1S/C22H30O5/c23-22(24)14-26-17-7-3-6-16(10-17)11-18-19(21-9-8-20(18)27-21)13-25-12-15-4-1-2-5-15/h3,6-7,10,15,18-21H,1-2,4-5,8-9,11-14H2,(H,23,24)/t18-,19+,20-,21+/m0/s1. The van der Waals surface area contributed by atoms with E-state index >= 15 is 0 Å². The second kappa shape index (κ2) is 8.61. The molecule has 0 unspecified atom stereocenters. The van der Waals surface area contributed by atoms with Gasteiger partial charge in [0.15, 0.2) is 6.61 Å². The van der Waals surface area contributed by atoms with E-state index in [9.17, 15) is 4.79 Å². The summed E-state index contributed by atoms with van der Waals surface area (Å²) in [7, 11) is 0. The maximum Gasteiger partial charge on any atom is 0.341 e. The molecule has 1 saturated carbocycles. The molecule has 27 heavy (non-hydrogen) atoms. The number of hydrogen-bond acceptors (Lipinski definition) is 4. The van der Waals surface area contributed by atoms with Gasteiger partial charge in [0.2, 0.25) is 0 Å². The predicted molar refractivity (Wildman–Crippen MR) is 101 cm³/mol. The minimum atomic E-state index is -0.957. The number of fused-ring (bicyclic) bond motifs is 2. The van der Waals surface area contributed by atoms with E-state index in [0.29, 0.717) is 29.8 Å². The fraction of sp³-hybridized carbons (Fsp3) is 0.682. The molecule has 2 bridgehead atoms. The van der Waals surface area contributed by atoms with E-state index in [1.807, 2.05) is 18.2 Å². The van der Waals surface area contributed by atoms with E-state index in [4.69, 9.17) is 19.3 Å². The molecule has 4 atom stereocenters. The second-order valence-corrected chi connectivity index (χ2v) is 8.34. The van der Waals surface area contributed by atoms with Gasteiger partial charge in [-0.3, -0.25) is 0 Å². The van der Waals surface area contributed by atoms with Crippen molar-refractivity contribution in [2.45, 2.75) is 57.2 Å². The first-order chi connectivity index (χ1) is 13.2. The molecule has 148 valence electrons. The number of rotatable bonds is 9. The lowest BCUT2D eigenvalue weighted by Crippen LogP contribution is -2.32. The summed E-state index contributed by atoms with van der Waals surface area (Å²) in [6, 6.07) is 7.81. The van der Waals surface area contributed by atoms with E-state index in [1.165, 1.54) is 31.2 Å². The molecule has 1 aliphatic carbocycles. The Morgan fingerprint density at radius 1 is 1.07 bits per heavy atom. The van der Waals surface area contributed by atoms with Crippen LogP contribution in [0.5, 0.6) is 5.75 Å². The molecule has 0 spiro atoms. The van der Waals surface area contributed by atoms with Crippen molar-refractivity contribution in [2.75, 3.05) is 19.8 Å². The maximum absolute atomic E-state index is 10.7. The van der Waals surface area contributed by atoms with Gasteiger partial charge in [-0.05, 0) is 61.6 Å². The summed E-state index contributed by atoms with van der Waals surface area (Å²) < 4.78 is 17.7. The third-order valence-electron chi connectivity index (χ3n) is 6.46. The first-order valence-electron chi connectivity index (χ1n) is 10.4. The van der Waals surface area contributed by atoms with Crippen LogP contribution in [0.1, 0.15) is 44.1 Å². The van der Waals surface area contributed by atoms with Gasteiger partial charge in [0.05, 0.1) is 18.8 Å². The first-order valence-corrected chi connectivity index (χ1v) is 10.4. The summed E-state index contributed by atoms with van der Waals surface area (Å²) >= 11 is 0. The van der Waals surface area contributed by atoms with E-state index < -0.39 is 5.97 Å². The fourth-order valence-corrected chi connectivity index (χ4v) is 5.11. The second-order valence-electron chi connectivity index (χ2n) is 8.34. The van der Waals surface area contributed by atoms with Gasteiger partial charge in [0, 0.05) is 12.5 Å². The SMILES string of the molecule is O=C(O)COc1cccc(C[C@H]2[C@@H](COCC3CCCC3)[C@H]3CC[C@@H]2O3)c1. The molecule has 4 rings (SSSR count). The summed E-state index contributed by atoms with van der Waals surface area (Å²) in [5.41, 5.74) is 1.18. The number of carboxylic acids is 1. The largest absolute Gasteiger partial charge is 0.482 e. The monoisotopic (exact) mass is 374 g/mol. The molecule has 5 heteroatoms. The van der Waals surface area contributed by atoms with Crippen molar-refractivity contribution < 1.29 is 24.1 Å². The Bertz CT molecular complexity index is 639. The van der Waals surface area contributed by atoms with Gasteiger partial charge < -0.3 is 19.3 Å². The summed E-state index contributed by atoms with van der Waals surface area (Å²) in [5.74, 6) is 1.36. The van der Waals surface area contributed by atoms with Crippen LogP contribution in [0, 0.1) is 17.8 Å². The van der Waals surface area contributed by atoms with Crippen LogP contribution < -0.4 is 4.74 Å². The summed E-state index contributed by atoms with van der Waals surface area (Å²) in [5, 5.41) is 8.79. The van der Waals surface area contributed by atoms with Crippen molar-refractivity contribution in [1.82, 2.24) is 0 Å². The van der Waals surface area contributed by atoms with Crippen LogP contribution >= 0.6 is 0 Å². The molecule has 1 aromatic carbocycles. The molecule has 0 aromatic heterocycles. The van der Waals surface area contributed by atoms with Crippen LogP contribution in [-0.2, 0) is 20.7 Å². The molecule has 3 aliphatic rings. The van der Waals surface area contributed by atoms with Crippen LogP contribution in [0.4, 0.5) is 0 Å². The Morgan fingerprint density at radius 2 is 1.85 bits per heavy atom. The Hall–Kier alpha value is -1.59. The van der Waals surface area contributed by atoms with Crippen LogP contribution in [0.15, 0.2) is 24.3 Å². The fourth-order valence-electron chi connectivity index (χ4n) is 5.11. The van der Waals surface area contributed by atoms with Crippen LogP contribution in [0.3, 0.4) is 0 Å². The highest BCUT2D eigenvalue weighted by atomic mass is 16.5. The predicted octanol–water partition coefficient (Wildman–Crippen LogP) is 3.69. The van der Waals surface area contributed by atoms with Crippen molar-refractivity contribution in [3.8, 4) is 5.75 Å². The average molecular weight is 374 g/mol. The Labute approximate surface area is 161 Å². The van der Waals surface area contributed by atoms with Crippen molar-refractivity contribution in [3.05, 3.63) is 29.8 Å². The molecule has 5 nitrogen and oxygen atoms in total. The molecule has 0 radical (unpaired) electrons. The third-order valence-corrected chi connectivity index (χ3v) is 6.46. The number of carboxylic acid groups (broad SMARTS) is 1. The average Bonchev–Trinajstić information content (AvgIpc) is 3.39. The van der Waals surface area contributed by atoms with Gasteiger partial charge in [-0.2, -0.15) is 0 Å². The zero-order valence-electron chi connectivity index (χ0n) is 15.8. The zero-order valence-corrected chi connectivity index (χ0v) is 15.8. The molecule has 3 fully saturated rings. The van der Waals surface area contributed by atoms with Gasteiger partial charge in [-0.25, -0.2) is 4.79 Å². The van der Waals surface area contributed by atoms with Crippen molar-refractivity contribution >= 4 is 5.97 Å². The lowest BCUT2D eigenvalue weighted by atomic mass is 9.76. The van der Waals surface area contributed by atoms with Crippen molar-refractivity contribution in [2.24, 2.45) is 17.8 Å². The Balaban J connectivity index is 1.34. The van der Waals surface area contributed by atoms with E-state index in [-0.39, 0.29) is 6.61 Å². The van der Waals surface area contributed by atoms with Gasteiger partial charge in [0.1, 0.15) is 5.75 Å². The smallest absolute Gasteiger partial charge is 0.341 e. The highest BCUT2D eigenvalue weighted by molar-refractivity contribution is 5.68. The number of benzene rings is 1. The molecule has 2 saturated heterocycles. The molecule has 0 amide bonds. The lowest BCUT2D eigenvalue weighted by Gasteiger charge is -2.28. The van der Waals surface area contributed by atoms with Gasteiger partial charge in [-0.1, -0.05) is 25.0 Å². The number of aliphatic carboxylic acids is 1. The van der Waals surface area contributed by atoms with Crippen LogP contribution in [-0.4, -0.2) is 43.1 Å². The van der Waals surface area contributed by atoms with Gasteiger partial charge >= 0.3 is 5.97 Å². The molecule has 1 N–H and O–H groups in total. The molecule has 2 aliphatic heterocycles. The Kier molecular flexibility index (Phi) is 5.98. The zero-order chi connectivity index (χ0) is 18.6. The van der Waals surface area contributed by atoms with Crippen LogP contribution in [0.2, 0.25) is 0 Å². The lowest BCUT2D eigenvalue weighted by molar-refractivity contribution is -0.139. The Morgan fingerprint density at radius 3 is 2.63 bits per heavy atom. The van der Waals surface area contributed by atoms with Crippen molar-refractivity contribution in [1.29, 1.82) is 0 Å². The molecule has 2 heterocycles. The minimum Gasteiger partial charge on any atom is -0.482 e. The summed E-state index contributed by atoms with van der Waals surface area (Å²) in [6.45, 7) is 1.40. The quantitative estimate of drug-likeness (QED) is 0.714. The van der Waals surface area contributed by atoms with Gasteiger partial charge in [0.25, 0.3) is 0 Å². The van der Waals surface area contributed by atoms with E-state index in [1.54, 1.807) is 0 Å². The van der Waals surface area contributed by atoms with Crippen LogP contribution in [0.25, 0.3) is 0 Å². The highest BCUT2D eigenvalue weighted by Crippen LogP contribution is 2.45. The summed E-state index contributed by atoms with van der Waals surface area (Å²) in [6.07, 6.45) is 9.25. The maximum atomic E-state index is 10.7. The minimum absolute atomic E-state index is 0.307. The topological polar surface area (TPSA) is 65.0 Å². The number of hydrogen-bond donors (Lipinski definition) is 1. The third kappa shape index (κ3) is 4.64. The molecular formula is C22H30O5. The first kappa shape index (κ1) is 18.8. The number of ether oxygens (including phenoxy) is 3. The van der Waals surface area contributed by atoms with E-state index in [0.717, 1.165) is 38.4 Å². The van der Waals surface area contributed by atoms with E-state index in [2.05, 4.69) is 6.07 Å². The van der Waals surface area contributed by atoms with Crippen molar-refractivity contribution in [3.63, 3.8) is 0 Å². The molecular weight excluding hydrogens is 344 g/mol. The number of carbonyl (C=O) groups is 1. The highest BCUT2D eigenvalue weighted by Gasteiger charge is 2.48. The normalized spacial score (nSPS) is 30.1.